The number of amides is 1. The summed E-state index contributed by atoms with van der Waals surface area (Å²) in [6.45, 7) is 4.30. The summed E-state index contributed by atoms with van der Waals surface area (Å²) in [7, 11) is 0.0116. The molecule has 0 aliphatic heterocycles. The zero-order chi connectivity index (χ0) is 15.1. The predicted octanol–water partition coefficient (Wildman–Crippen LogP) is 1.69. The Kier molecular flexibility index (Phi) is 6.51. The average Bonchev–Trinajstić information content (AvgIpc) is 2.45. The summed E-state index contributed by atoms with van der Waals surface area (Å²) in [6.07, 6.45) is 1.92. The Hall–Kier alpha value is -1.56. The smallest absolute Gasteiger partial charge is 0.235 e. The van der Waals surface area contributed by atoms with Gasteiger partial charge in [0.05, 0.1) is 22.8 Å². The average molecular weight is 298 g/mol. The van der Waals surface area contributed by atoms with Crippen LogP contribution >= 0.6 is 0 Å². The Morgan fingerprint density at radius 3 is 2.80 bits per heavy atom. The largest absolute Gasteiger partial charge is 0.495 e. The van der Waals surface area contributed by atoms with E-state index in [1.807, 2.05) is 6.92 Å². The molecule has 0 saturated carbocycles. The highest BCUT2D eigenvalue weighted by molar-refractivity contribution is 7.86. The minimum atomic E-state index is -1.48. The molecule has 1 aromatic carbocycles. The Balaban J connectivity index is 2.81. The first-order chi connectivity index (χ1) is 9.51. The number of nitrogen functional groups attached to an aromatic ring is 1. The van der Waals surface area contributed by atoms with Crippen molar-refractivity contribution in [3.05, 3.63) is 18.2 Å². The molecular weight excluding hydrogens is 276 g/mol. The van der Waals surface area contributed by atoms with Crippen molar-refractivity contribution in [3.8, 4) is 5.75 Å². The second-order valence-electron chi connectivity index (χ2n) is 4.49. The molecule has 0 bridgehead atoms. The lowest BCUT2D eigenvalue weighted by Crippen LogP contribution is -2.36. The first kappa shape index (κ1) is 16.5. The van der Waals surface area contributed by atoms with Crippen molar-refractivity contribution in [1.82, 2.24) is 5.32 Å². The molecule has 0 aromatic heterocycles. The van der Waals surface area contributed by atoms with Gasteiger partial charge in [-0.3, -0.25) is 9.00 Å². The van der Waals surface area contributed by atoms with Crippen LogP contribution in [-0.4, -0.2) is 29.0 Å². The third-order valence-corrected chi connectivity index (χ3v) is 4.55. The third kappa shape index (κ3) is 4.23. The van der Waals surface area contributed by atoms with Crippen LogP contribution in [0.4, 0.5) is 5.69 Å². The molecule has 1 aromatic rings. The van der Waals surface area contributed by atoms with Crippen molar-refractivity contribution in [2.24, 2.45) is 0 Å². The van der Waals surface area contributed by atoms with E-state index in [1.165, 1.54) is 7.11 Å². The van der Waals surface area contributed by atoms with Crippen LogP contribution in [0, 0.1) is 0 Å². The van der Waals surface area contributed by atoms with Gasteiger partial charge in [0.15, 0.2) is 0 Å². The summed E-state index contributed by atoms with van der Waals surface area (Å²) >= 11 is 0. The summed E-state index contributed by atoms with van der Waals surface area (Å²) in [5, 5.41) is 2.15. The quantitative estimate of drug-likeness (QED) is 0.593. The number of rotatable bonds is 7. The van der Waals surface area contributed by atoms with Crippen LogP contribution < -0.4 is 15.8 Å². The van der Waals surface area contributed by atoms with Gasteiger partial charge < -0.3 is 15.8 Å². The van der Waals surface area contributed by atoms with E-state index in [4.69, 9.17) is 10.5 Å². The monoisotopic (exact) mass is 298 g/mol. The van der Waals surface area contributed by atoms with Crippen LogP contribution in [0.2, 0.25) is 0 Å². The normalized spacial score (nSPS) is 13.6. The molecule has 1 rings (SSSR count). The van der Waals surface area contributed by atoms with Crippen molar-refractivity contribution < 1.29 is 13.7 Å². The topological polar surface area (TPSA) is 81.4 Å². The lowest BCUT2D eigenvalue weighted by molar-refractivity contribution is -0.120. The second kappa shape index (κ2) is 7.89. The molecular formula is C14H22N2O3S. The molecule has 0 heterocycles. The zero-order valence-electron chi connectivity index (χ0n) is 12.1. The molecule has 1 amide bonds. The van der Waals surface area contributed by atoms with Crippen LogP contribution in [0.5, 0.6) is 5.75 Å². The summed E-state index contributed by atoms with van der Waals surface area (Å²) in [6, 6.07) is 4.90. The fourth-order valence-corrected chi connectivity index (χ4v) is 2.87. The van der Waals surface area contributed by atoms with Gasteiger partial charge in [-0.25, -0.2) is 0 Å². The lowest BCUT2D eigenvalue weighted by atomic mass is 10.3. The van der Waals surface area contributed by atoms with Gasteiger partial charge in [-0.2, -0.15) is 0 Å². The Labute approximate surface area is 122 Å². The van der Waals surface area contributed by atoms with E-state index in [0.717, 1.165) is 12.8 Å². The van der Waals surface area contributed by atoms with E-state index in [9.17, 15) is 9.00 Å². The Bertz CT molecular complexity index is 491. The van der Waals surface area contributed by atoms with Crippen molar-refractivity contribution in [2.75, 3.05) is 19.4 Å². The summed E-state index contributed by atoms with van der Waals surface area (Å²) in [4.78, 5) is 12.4. The highest BCUT2D eigenvalue weighted by Gasteiger charge is 2.23. The van der Waals surface area contributed by atoms with E-state index >= 15 is 0 Å². The Morgan fingerprint density at radius 1 is 1.50 bits per heavy atom. The van der Waals surface area contributed by atoms with E-state index in [0.29, 0.717) is 22.9 Å². The van der Waals surface area contributed by atoms with Crippen LogP contribution in [-0.2, 0) is 15.6 Å². The zero-order valence-corrected chi connectivity index (χ0v) is 13.0. The lowest BCUT2D eigenvalue weighted by Gasteiger charge is -2.14. The number of carbonyl (C=O) groups is 1. The van der Waals surface area contributed by atoms with Gasteiger partial charge in [0, 0.05) is 18.3 Å². The van der Waals surface area contributed by atoms with Crippen LogP contribution in [0.15, 0.2) is 23.1 Å². The number of unbranched alkanes of at least 4 members (excludes halogenated alkanes) is 1. The van der Waals surface area contributed by atoms with Gasteiger partial charge in [0.2, 0.25) is 5.91 Å². The van der Waals surface area contributed by atoms with Crippen LogP contribution in [0.25, 0.3) is 0 Å². The number of hydrogen-bond donors (Lipinski definition) is 2. The molecule has 3 N–H and O–H groups in total. The van der Waals surface area contributed by atoms with Crippen molar-refractivity contribution in [2.45, 2.75) is 36.8 Å². The van der Waals surface area contributed by atoms with E-state index in [1.54, 1.807) is 25.1 Å². The number of nitrogens with one attached hydrogen (secondary N) is 1. The molecule has 0 spiro atoms. The maximum Gasteiger partial charge on any atom is 0.235 e. The molecule has 2 unspecified atom stereocenters. The maximum absolute atomic E-state index is 12.4. The highest BCUT2D eigenvalue weighted by atomic mass is 32.2. The SMILES string of the molecule is CCCCNC(=O)C(C)S(=O)c1ccc(N)cc1OC. The highest BCUT2D eigenvalue weighted by Crippen LogP contribution is 2.26. The predicted molar refractivity (Wildman–Crippen MR) is 81.2 cm³/mol. The third-order valence-electron chi connectivity index (χ3n) is 2.92. The number of carbonyl (C=O) groups excluding carboxylic acids is 1. The molecule has 2 atom stereocenters. The van der Waals surface area contributed by atoms with Gasteiger partial charge in [-0.05, 0) is 25.5 Å². The summed E-state index contributed by atoms with van der Waals surface area (Å²) in [5.41, 5.74) is 6.19. The molecule has 20 heavy (non-hydrogen) atoms. The van der Waals surface area contributed by atoms with Gasteiger partial charge in [-0.15, -0.1) is 0 Å². The summed E-state index contributed by atoms with van der Waals surface area (Å²) < 4.78 is 17.6. The first-order valence-electron chi connectivity index (χ1n) is 6.63. The second-order valence-corrected chi connectivity index (χ2v) is 6.24. The molecule has 0 aliphatic carbocycles. The maximum atomic E-state index is 12.4. The summed E-state index contributed by atoms with van der Waals surface area (Å²) in [5.74, 6) is 0.229. The van der Waals surface area contributed by atoms with Gasteiger partial charge >= 0.3 is 0 Å². The van der Waals surface area contributed by atoms with E-state index < -0.39 is 16.0 Å². The number of benzene rings is 1. The molecule has 0 radical (unpaired) electrons. The van der Waals surface area contributed by atoms with E-state index in [2.05, 4.69) is 5.32 Å². The number of nitrogens with two attached hydrogens (primary N) is 1. The molecule has 6 heteroatoms. The molecule has 5 nitrogen and oxygen atoms in total. The van der Waals surface area contributed by atoms with Gasteiger partial charge in [0.1, 0.15) is 11.0 Å². The van der Waals surface area contributed by atoms with Crippen LogP contribution in [0.3, 0.4) is 0 Å². The molecule has 0 aliphatic rings. The minimum Gasteiger partial charge on any atom is -0.495 e. The number of ether oxygens (including phenoxy) is 1. The fourth-order valence-electron chi connectivity index (χ4n) is 1.67. The fraction of sp³-hybridized carbons (Fsp3) is 0.500. The Morgan fingerprint density at radius 2 is 2.20 bits per heavy atom. The first-order valence-corrected chi connectivity index (χ1v) is 7.84. The van der Waals surface area contributed by atoms with Gasteiger partial charge in [-0.1, -0.05) is 13.3 Å². The molecule has 0 saturated heterocycles. The molecule has 0 fully saturated rings. The molecule has 112 valence electrons. The minimum absolute atomic E-state index is 0.212. The van der Waals surface area contributed by atoms with Crippen molar-refractivity contribution in [1.29, 1.82) is 0 Å². The van der Waals surface area contributed by atoms with Crippen molar-refractivity contribution >= 4 is 22.4 Å². The van der Waals surface area contributed by atoms with Gasteiger partial charge in [0.25, 0.3) is 0 Å². The number of methoxy groups -OCH3 is 1. The number of anilines is 1. The number of hydrogen-bond acceptors (Lipinski definition) is 4. The van der Waals surface area contributed by atoms with Crippen LogP contribution in [0.1, 0.15) is 26.7 Å². The van der Waals surface area contributed by atoms with E-state index in [-0.39, 0.29) is 5.91 Å². The van der Waals surface area contributed by atoms with Crippen molar-refractivity contribution in [3.63, 3.8) is 0 Å². The standard InChI is InChI=1S/C14H22N2O3S/c1-4-5-8-16-14(17)10(2)20(18)13-7-6-11(15)9-12(13)19-3/h6-7,9-10H,4-5,8,15H2,1-3H3,(H,16,17).